The van der Waals surface area contributed by atoms with E-state index < -0.39 is 18.5 Å². The van der Waals surface area contributed by atoms with Crippen LogP contribution in [0.2, 0.25) is 0 Å². The van der Waals surface area contributed by atoms with E-state index in [-0.39, 0.29) is 6.54 Å². The number of rotatable bonds is 4. The van der Waals surface area contributed by atoms with Gasteiger partial charge >= 0.3 is 12.0 Å². The minimum Gasteiger partial charge on any atom is -0.480 e. The van der Waals surface area contributed by atoms with E-state index in [0.717, 1.165) is 4.90 Å². The number of carboxylic acid groups (broad SMARTS) is 1. The van der Waals surface area contributed by atoms with Gasteiger partial charge in [0.1, 0.15) is 12.9 Å². The fraction of sp³-hybridized carbons (Fsp3) is 0.200. The van der Waals surface area contributed by atoms with Crippen molar-refractivity contribution in [1.29, 1.82) is 0 Å². The van der Waals surface area contributed by atoms with Crippen molar-refractivity contribution < 1.29 is 14.7 Å². The molecule has 0 aliphatic heterocycles. The van der Waals surface area contributed by atoms with E-state index in [4.69, 9.17) is 11.5 Å². The fourth-order valence-corrected chi connectivity index (χ4v) is 1.04. The average molecular weight is 234 g/mol. The number of hydrogen-bond donors (Lipinski definition) is 2. The van der Waals surface area contributed by atoms with E-state index in [9.17, 15) is 9.59 Å². The van der Waals surface area contributed by atoms with Gasteiger partial charge in [-0.1, -0.05) is 5.92 Å². The molecule has 7 heteroatoms. The molecule has 1 rings (SSSR count). The largest absolute Gasteiger partial charge is 0.480 e. The van der Waals surface area contributed by atoms with Gasteiger partial charge in [0.15, 0.2) is 0 Å². The van der Waals surface area contributed by atoms with Crippen molar-refractivity contribution in [2.24, 2.45) is 0 Å². The minimum atomic E-state index is -1.14. The quantitative estimate of drug-likeness (QED) is 0.716. The molecule has 0 radical (unpaired) electrons. The highest BCUT2D eigenvalue weighted by atomic mass is 16.4. The molecule has 0 aliphatic carbocycles. The van der Waals surface area contributed by atoms with Gasteiger partial charge in [0.25, 0.3) is 0 Å². The molecule has 2 N–H and O–H groups in total. The molecule has 7 nitrogen and oxygen atoms in total. The van der Waals surface area contributed by atoms with Gasteiger partial charge in [-0.25, -0.2) is 14.8 Å². The smallest absolute Gasteiger partial charge is 0.323 e. The lowest BCUT2D eigenvalue weighted by molar-refractivity contribution is -0.137. The van der Waals surface area contributed by atoms with Crippen LogP contribution in [0, 0.1) is 12.3 Å². The summed E-state index contributed by atoms with van der Waals surface area (Å²) < 4.78 is 0. The Bertz CT molecular complexity index is 441. The van der Waals surface area contributed by atoms with Crippen LogP contribution in [-0.2, 0) is 4.79 Å². The van der Waals surface area contributed by atoms with Crippen molar-refractivity contribution in [3.05, 3.63) is 18.7 Å². The maximum absolute atomic E-state index is 11.6. The Hall–Kier alpha value is -2.62. The average Bonchev–Trinajstić information content (AvgIpc) is 2.29. The molecular formula is C10H10N4O3. The van der Waals surface area contributed by atoms with Gasteiger partial charge in [-0.15, -0.1) is 6.42 Å². The number of aromatic nitrogens is 2. The molecular weight excluding hydrogens is 224 g/mol. The van der Waals surface area contributed by atoms with Crippen molar-refractivity contribution in [2.75, 3.05) is 18.4 Å². The van der Waals surface area contributed by atoms with Gasteiger partial charge in [0.05, 0.1) is 24.6 Å². The number of nitrogens with zero attached hydrogens (tertiary/aromatic N) is 3. The van der Waals surface area contributed by atoms with Gasteiger partial charge in [0, 0.05) is 0 Å². The summed E-state index contributed by atoms with van der Waals surface area (Å²) in [5, 5.41) is 11.0. The Labute approximate surface area is 97.5 Å². The number of amides is 2. The first-order valence-electron chi connectivity index (χ1n) is 4.59. The molecule has 17 heavy (non-hydrogen) atoms. The molecule has 0 saturated heterocycles. The van der Waals surface area contributed by atoms with Crippen molar-refractivity contribution in [1.82, 2.24) is 14.9 Å². The van der Waals surface area contributed by atoms with Gasteiger partial charge in [-0.3, -0.25) is 4.79 Å². The molecule has 0 spiro atoms. The van der Waals surface area contributed by atoms with E-state index >= 15 is 0 Å². The standard InChI is InChI=1S/C10H10N4O3/c1-2-3-14(6-9(15)16)10(17)13-8-4-11-7-12-5-8/h1,4-5,7H,3,6H2,(H,13,17)(H,15,16). The Balaban J connectivity index is 2.66. The number of carbonyl (C=O) groups excluding carboxylic acids is 1. The molecule has 1 heterocycles. The maximum Gasteiger partial charge on any atom is 0.323 e. The lowest BCUT2D eigenvalue weighted by atomic mass is 10.4. The van der Waals surface area contributed by atoms with E-state index in [2.05, 4.69) is 21.2 Å². The van der Waals surface area contributed by atoms with Crippen LogP contribution in [0.15, 0.2) is 18.7 Å². The molecule has 0 bridgehead atoms. The number of hydrogen-bond acceptors (Lipinski definition) is 4. The van der Waals surface area contributed by atoms with Crippen LogP contribution in [-0.4, -0.2) is 45.1 Å². The second kappa shape index (κ2) is 6.07. The first-order chi connectivity index (χ1) is 8.13. The summed E-state index contributed by atoms with van der Waals surface area (Å²) in [6.07, 6.45) is 9.14. The number of terminal acetylenes is 1. The van der Waals surface area contributed by atoms with Gasteiger partial charge < -0.3 is 15.3 Å². The van der Waals surface area contributed by atoms with Gasteiger partial charge in [0.2, 0.25) is 0 Å². The molecule has 0 atom stereocenters. The highest BCUT2D eigenvalue weighted by molar-refractivity contribution is 5.91. The fourth-order valence-electron chi connectivity index (χ4n) is 1.04. The summed E-state index contributed by atoms with van der Waals surface area (Å²) in [5.74, 6) is 1.07. The minimum absolute atomic E-state index is 0.0914. The van der Waals surface area contributed by atoms with E-state index in [1.807, 2.05) is 0 Å². The second-order valence-corrected chi connectivity index (χ2v) is 3.01. The molecule has 2 amide bonds. The zero-order valence-corrected chi connectivity index (χ0v) is 8.83. The molecule has 88 valence electrons. The van der Waals surface area contributed by atoms with Crippen LogP contribution in [0.5, 0.6) is 0 Å². The van der Waals surface area contributed by atoms with Crippen LogP contribution in [0.4, 0.5) is 10.5 Å². The summed E-state index contributed by atoms with van der Waals surface area (Å²) in [6, 6.07) is -0.611. The summed E-state index contributed by atoms with van der Waals surface area (Å²) in [5.41, 5.74) is 0.366. The second-order valence-electron chi connectivity index (χ2n) is 3.01. The molecule has 0 aliphatic rings. The van der Waals surface area contributed by atoms with Crippen LogP contribution in [0.25, 0.3) is 0 Å². The number of urea groups is 1. The SMILES string of the molecule is C#CCN(CC(=O)O)C(=O)Nc1cncnc1. The number of nitrogens with one attached hydrogen (secondary N) is 1. The Morgan fingerprint density at radius 1 is 1.47 bits per heavy atom. The van der Waals surface area contributed by atoms with E-state index in [1.165, 1.54) is 18.7 Å². The number of anilines is 1. The van der Waals surface area contributed by atoms with Crippen LogP contribution in [0.3, 0.4) is 0 Å². The van der Waals surface area contributed by atoms with Crippen LogP contribution in [0.1, 0.15) is 0 Å². The first kappa shape index (κ1) is 12.4. The van der Waals surface area contributed by atoms with Crippen molar-refractivity contribution in [2.45, 2.75) is 0 Å². The highest BCUT2D eigenvalue weighted by Crippen LogP contribution is 2.02. The molecule has 1 aromatic rings. The topological polar surface area (TPSA) is 95.4 Å². The molecule has 1 aromatic heterocycles. The van der Waals surface area contributed by atoms with E-state index in [0.29, 0.717) is 5.69 Å². The third kappa shape index (κ3) is 4.17. The Morgan fingerprint density at radius 3 is 2.65 bits per heavy atom. The van der Waals surface area contributed by atoms with Gasteiger partial charge in [-0.05, 0) is 0 Å². The lowest BCUT2D eigenvalue weighted by Gasteiger charge is -2.18. The maximum atomic E-state index is 11.6. The van der Waals surface area contributed by atoms with Crippen LogP contribution >= 0.6 is 0 Å². The molecule has 0 unspecified atom stereocenters. The lowest BCUT2D eigenvalue weighted by Crippen LogP contribution is -2.39. The summed E-state index contributed by atoms with van der Waals surface area (Å²) in [6.45, 7) is -0.560. The number of carboxylic acids is 1. The summed E-state index contributed by atoms with van der Waals surface area (Å²) in [4.78, 5) is 30.6. The Kier molecular flexibility index (Phi) is 4.45. The first-order valence-corrected chi connectivity index (χ1v) is 4.59. The zero-order chi connectivity index (χ0) is 12.7. The highest BCUT2D eigenvalue weighted by Gasteiger charge is 2.15. The molecule has 0 fully saturated rings. The predicted molar refractivity (Wildman–Crippen MR) is 59.1 cm³/mol. The predicted octanol–water partition coefficient (Wildman–Crippen LogP) is 0.0283. The third-order valence-electron chi connectivity index (χ3n) is 1.71. The van der Waals surface area contributed by atoms with Gasteiger partial charge in [-0.2, -0.15) is 0 Å². The van der Waals surface area contributed by atoms with E-state index in [1.54, 1.807) is 0 Å². The Morgan fingerprint density at radius 2 is 2.12 bits per heavy atom. The number of carbonyl (C=O) groups is 2. The van der Waals surface area contributed by atoms with Crippen molar-refractivity contribution in [3.63, 3.8) is 0 Å². The summed E-state index contributed by atoms with van der Waals surface area (Å²) in [7, 11) is 0. The van der Waals surface area contributed by atoms with Crippen LogP contribution < -0.4 is 5.32 Å². The number of aliphatic carboxylic acids is 1. The summed E-state index contributed by atoms with van der Waals surface area (Å²) >= 11 is 0. The molecule has 0 aromatic carbocycles. The normalized spacial score (nSPS) is 9.12. The third-order valence-corrected chi connectivity index (χ3v) is 1.71. The van der Waals surface area contributed by atoms with Crippen molar-refractivity contribution in [3.8, 4) is 12.3 Å². The molecule has 0 saturated carbocycles. The monoisotopic (exact) mass is 234 g/mol. The van der Waals surface area contributed by atoms with Crippen molar-refractivity contribution >= 4 is 17.7 Å². The zero-order valence-electron chi connectivity index (χ0n) is 8.83.